The van der Waals surface area contributed by atoms with E-state index in [0.717, 1.165) is 17.7 Å². The third-order valence-electron chi connectivity index (χ3n) is 9.72. The van der Waals surface area contributed by atoms with Gasteiger partial charge >= 0.3 is 0 Å². The first-order valence-corrected chi connectivity index (χ1v) is 24.1. The molecule has 0 saturated heterocycles. The van der Waals surface area contributed by atoms with Gasteiger partial charge in [0.05, 0.1) is 20.4 Å². The van der Waals surface area contributed by atoms with Crippen LogP contribution in [0.15, 0.2) is 155 Å². The Hall–Kier alpha value is -5.30. The molecule has 60 heavy (non-hydrogen) atoms. The van der Waals surface area contributed by atoms with Gasteiger partial charge in [0.25, 0.3) is 40.5 Å². The summed E-state index contributed by atoms with van der Waals surface area (Å²) in [6.07, 6.45) is 1.89. The summed E-state index contributed by atoms with van der Waals surface area (Å²) in [5.74, 6) is 0. The average molecular weight is 891 g/mol. The number of rotatable bonds is 15. The van der Waals surface area contributed by atoms with E-state index in [1.807, 2.05) is 74.5 Å². The Balaban J connectivity index is 1.79. The third kappa shape index (κ3) is 11.5. The van der Waals surface area contributed by atoms with Crippen molar-refractivity contribution >= 4 is 73.9 Å². The second-order valence-corrected chi connectivity index (χ2v) is 19.7. The molecule has 0 aliphatic carbocycles. The molecule has 0 saturated carbocycles. The monoisotopic (exact) mass is 890 g/mol. The Morgan fingerprint density at radius 2 is 0.917 bits per heavy atom. The Bertz CT molecular complexity index is 2940. The maximum Gasteiger partial charge on any atom is 0.294 e. The van der Waals surface area contributed by atoms with Crippen LogP contribution in [-0.2, 0) is 40.5 Å². The summed E-state index contributed by atoms with van der Waals surface area (Å²) in [5, 5.41) is -0.508. The summed E-state index contributed by atoms with van der Waals surface area (Å²) >= 11 is 0. The summed E-state index contributed by atoms with van der Waals surface area (Å²) < 4.78 is 136. The van der Waals surface area contributed by atoms with Crippen molar-refractivity contribution < 1.29 is 51.9 Å². The molecular formula is C44H42O12S4. The van der Waals surface area contributed by atoms with Crippen molar-refractivity contribution in [3.8, 4) is 0 Å². The molecule has 0 amide bonds. The molecule has 0 aromatic heterocycles. The van der Waals surface area contributed by atoms with Gasteiger partial charge in [-0.3, -0.25) is 18.2 Å². The van der Waals surface area contributed by atoms with Gasteiger partial charge < -0.3 is 0 Å². The minimum Gasteiger partial charge on any atom is -0.285 e. The molecule has 314 valence electrons. The van der Waals surface area contributed by atoms with Gasteiger partial charge in [-0.2, -0.15) is 33.7 Å². The quantitative estimate of drug-likeness (QED) is 0.0440. The molecule has 0 radical (unpaired) electrons. The Kier molecular flexibility index (Phi) is 14.1. The van der Waals surface area contributed by atoms with Crippen LogP contribution < -0.4 is 0 Å². The molecule has 0 aliphatic heterocycles. The summed E-state index contributed by atoms with van der Waals surface area (Å²) in [4.78, 5) is -0.769. The topological polar surface area (TPSA) is 217 Å². The summed E-state index contributed by atoms with van der Waals surface area (Å²) in [6, 6.07) is 35.6. The molecule has 4 N–H and O–H groups in total. The zero-order chi connectivity index (χ0) is 44.0. The molecule has 1 unspecified atom stereocenters. The molecule has 0 aliphatic rings. The second-order valence-electron chi connectivity index (χ2n) is 13.7. The fraction of sp³-hybridized carbons (Fsp3) is 0.136. The molecular weight excluding hydrogens is 849 g/mol. The van der Waals surface area contributed by atoms with Crippen LogP contribution in [0.2, 0.25) is 0 Å². The van der Waals surface area contributed by atoms with E-state index in [1.54, 1.807) is 30.3 Å². The lowest BCUT2D eigenvalue weighted by molar-refractivity contribution is 0.470. The maximum absolute atomic E-state index is 12.6. The zero-order valence-electron chi connectivity index (χ0n) is 32.5. The van der Waals surface area contributed by atoms with Crippen molar-refractivity contribution in [3.05, 3.63) is 178 Å². The van der Waals surface area contributed by atoms with Gasteiger partial charge in [-0.05, 0) is 112 Å². The normalized spacial score (nSPS) is 14.6. The van der Waals surface area contributed by atoms with Crippen LogP contribution in [-0.4, -0.2) is 57.1 Å². The minimum atomic E-state index is -4.80. The highest BCUT2D eigenvalue weighted by molar-refractivity contribution is 7.89. The largest absolute Gasteiger partial charge is 0.294 e. The van der Waals surface area contributed by atoms with Crippen molar-refractivity contribution in [2.75, 3.05) is 0 Å². The first kappa shape index (κ1) is 45.8. The van der Waals surface area contributed by atoms with Crippen molar-refractivity contribution in [3.63, 3.8) is 0 Å². The van der Waals surface area contributed by atoms with Crippen LogP contribution in [0.4, 0.5) is 0 Å². The Morgan fingerprint density at radius 1 is 0.517 bits per heavy atom. The van der Waals surface area contributed by atoms with E-state index in [1.165, 1.54) is 43.3 Å². The molecule has 5 aromatic rings. The van der Waals surface area contributed by atoms with Crippen LogP contribution in [0, 0.1) is 0 Å². The van der Waals surface area contributed by atoms with Gasteiger partial charge in [0, 0.05) is 5.57 Å². The highest BCUT2D eigenvalue weighted by Gasteiger charge is 2.23. The van der Waals surface area contributed by atoms with Gasteiger partial charge in [-0.1, -0.05) is 122 Å². The number of hydrogen-bond acceptors (Lipinski definition) is 8. The van der Waals surface area contributed by atoms with Crippen LogP contribution in [0.5, 0.6) is 0 Å². The molecule has 16 heteroatoms. The third-order valence-corrected chi connectivity index (χ3v) is 13.2. The van der Waals surface area contributed by atoms with Crippen LogP contribution in [0.1, 0.15) is 67.0 Å². The van der Waals surface area contributed by atoms with Gasteiger partial charge in [0.1, 0.15) is 0 Å². The first-order chi connectivity index (χ1) is 28.1. The smallest absolute Gasteiger partial charge is 0.285 e. The predicted octanol–water partition coefficient (Wildman–Crippen LogP) is 9.11. The molecule has 0 spiro atoms. The Labute approximate surface area is 351 Å². The lowest BCUT2D eigenvalue weighted by atomic mass is 9.84. The highest BCUT2D eigenvalue weighted by Crippen LogP contribution is 2.42. The standard InChI is InChI=1S/C44H42O12S4/c1-4-40(33-11-7-5-8-12-33)44(42(29-57(45,46)47)35-22-26-39(27-23-35)60(54,55)56)37-18-16-32(17-19-37)31(3)43(36-13-9-6-10-14-36)41(28-15-30(2)58(48,49)50)34-20-24-38(25-21-34)59(51,52)53/h5-14,16-30H,4,15H2,1-3H3,(H,45,46,47)(H,48,49,50)(H,51,52,53)(H,54,55,56)/b41-28-,42-29-,43-31+,44-40+. The van der Waals surface area contributed by atoms with Crippen molar-refractivity contribution in [1.82, 2.24) is 0 Å². The van der Waals surface area contributed by atoms with E-state index in [4.69, 9.17) is 0 Å². The lowest BCUT2D eigenvalue weighted by Gasteiger charge is -2.21. The van der Waals surface area contributed by atoms with E-state index >= 15 is 0 Å². The van der Waals surface area contributed by atoms with Crippen molar-refractivity contribution in [2.24, 2.45) is 0 Å². The van der Waals surface area contributed by atoms with Crippen molar-refractivity contribution in [2.45, 2.75) is 48.7 Å². The molecule has 1 atom stereocenters. The highest BCUT2D eigenvalue weighted by atomic mass is 32.2. The summed E-state index contributed by atoms with van der Waals surface area (Å²) in [5.41, 5.74) is 6.22. The van der Waals surface area contributed by atoms with E-state index in [9.17, 15) is 51.9 Å². The van der Waals surface area contributed by atoms with Gasteiger partial charge in [0.15, 0.2) is 0 Å². The summed E-state index contributed by atoms with van der Waals surface area (Å²) in [6.45, 7) is 5.06. The van der Waals surface area contributed by atoms with Gasteiger partial charge in [-0.25, -0.2) is 0 Å². The fourth-order valence-corrected chi connectivity index (χ4v) is 8.52. The van der Waals surface area contributed by atoms with Crippen LogP contribution in [0.25, 0.3) is 33.4 Å². The zero-order valence-corrected chi connectivity index (χ0v) is 35.8. The second kappa shape index (κ2) is 18.5. The van der Waals surface area contributed by atoms with Crippen LogP contribution in [0.3, 0.4) is 0 Å². The van der Waals surface area contributed by atoms with E-state index < -0.39 is 50.6 Å². The molecule has 0 heterocycles. The molecule has 0 fully saturated rings. The SMILES string of the molecule is CC/C(=C(\C(=C/S(=O)(=O)O)c1ccc(S(=O)(=O)O)cc1)c1ccc(/C(C)=C(/C(=C\CC(C)S(=O)(=O)O)c2ccc(S(=O)(=O)O)cc2)c2ccccc2)cc1)c1ccccc1. The first-order valence-electron chi connectivity index (χ1n) is 18.3. The lowest BCUT2D eigenvalue weighted by Crippen LogP contribution is -2.15. The van der Waals surface area contributed by atoms with E-state index in [0.29, 0.717) is 61.9 Å². The molecule has 5 rings (SSSR count). The molecule has 5 aromatic carbocycles. The minimum absolute atomic E-state index is 0.0385. The Morgan fingerprint density at radius 3 is 1.33 bits per heavy atom. The number of hydrogen-bond donors (Lipinski definition) is 4. The maximum atomic E-state index is 12.6. The van der Waals surface area contributed by atoms with Crippen molar-refractivity contribution in [1.29, 1.82) is 0 Å². The number of allylic oxidation sites excluding steroid dienone is 7. The molecule has 12 nitrogen and oxygen atoms in total. The fourth-order valence-electron chi connectivity index (χ4n) is 6.67. The average Bonchev–Trinajstić information content (AvgIpc) is 3.20. The van der Waals surface area contributed by atoms with E-state index in [2.05, 4.69) is 0 Å². The van der Waals surface area contributed by atoms with Gasteiger partial charge in [0.2, 0.25) is 0 Å². The van der Waals surface area contributed by atoms with Gasteiger partial charge in [-0.15, -0.1) is 0 Å². The number of benzene rings is 5. The van der Waals surface area contributed by atoms with Crippen LogP contribution >= 0.6 is 0 Å². The molecule has 0 bridgehead atoms. The van der Waals surface area contributed by atoms with E-state index in [-0.39, 0.29) is 22.5 Å². The predicted molar refractivity (Wildman–Crippen MR) is 235 cm³/mol. The summed E-state index contributed by atoms with van der Waals surface area (Å²) in [7, 11) is -18.3.